The average molecular weight is 641 g/mol. The van der Waals surface area contributed by atoms with Gasteiger partial charge in [0.15, 0.2) is 6.61 Å². The number of nitrogens with zero attached hydrogens (tertiary/aromatic N) is 9. The number of nitrogens with one attached hydrogen (secondary N) is 1. The molecule has 0 aliphatic carbocycles. The zero-order chi connectivity index (χ0) is 32.9. The molecule has 4 heterocycles. The SMILES string of the molecule is CC(Cn1cncn1)Oc1cc(-c2cnc(Nc3cn(C4CCN(CC(C)(C)O)CC4)nc3OCC(F)(F)F)nc2)ccc1C#N. The van der Waals surface area contributed by atoms with Crippen LogP contribution in [0.25, 0.3) is 11.1 Å². The van der Waals surface area contributed by atoms with Crippen LogP contribution in [0.2, 0.25) is 0 Å². The second kappa shape index (κ2) is 13.7. The molecule has 2 N–H and O–H groups in total. The molecule has 244 valence electrons. The summed E-state index contributed by atoms with van der Waals surface area (Å²) in [6.45, 7) is 6.25. The summed E-state index contributed by atoms with van der Waals surface area (Å²) < 4.78 is 53.4. The molecular weight excluding hydrogens is 605 g/mol. The Labute approximate surface area is 263 Å². The van der Waals surface area contributed by atoms with Crippen LogP contribution in [0, 0.1) is 11.3 Å². The molecule has 46 heavy (non-hydrogen) atoms. The second-order valence-electron chi connectivity index (χ2n) is 11.8. The van der Waals surface area contributed by atoms with Crippen LogP contribution < -0.4 is 14.8 Å². The molecule has 3 aromatic heterocycles. The number of rotatable bonds is 12. The Morgan fingerprint density at radius 1 is 1.15 bits per heavy atom. The zero-order valence-corrected chi connectivity index (χ0v) is 25.6. The van der Waals surface area contributed by atoms with Gasteiger partial charge in [-0.15, -0.1) is 5.10 Å². The Kier molecular flexibility index (Phi) is 9.73. The Morgan fingerprint density at radius 2 is 1.89 bits per heavy atom. The Balaban J connectivity index is 1.29. The zero-order valence-electron chi connectivity index (χ0n) is 25.6. The molecule has 13 nitrogen and oxygen atoms in total. The van der Waals surface area contributed by atoms with Gasteiger partial charge in [-0.3, -0.25) is 4.68 Å². The Bertz CT molecular complexity index is 1620. The van der Waals surface area contributed by atoms with E-state index in [0.29, 0.717) is 61.5 Å². The normalized spacial score (nSPS) is 15.3. The number of likely N-dealkylation sites (tertiary alicyclic amines) is 1. The van der Waals surface area contributed by atoms with Crippen LogP contribution in [-0.4, -0.2) is 88.6 Å². The highest BCUT2D eigenvalue weighted by molar-refractivity contribution is 5.67. The molecule has 0 amide bonds. The number of halogens is 3. The molecule has 1 atom stereocenters. The Hall–Kier alpha value is -4.75. The van der Waals surface area contributed by atoms with Crippen LogP contribution in [0.1, 0.15) is 45.2 Å². The lowest BCUT2D eigenvalue weighted by Gasteiger charge is -2.35. The molecule has 4 aromatic rings. The fourth-order valence-corrected chi connectivity index (χ4v) is 5.19. The van der Waals surface area contributed by atoms with Gasteiger partial charge in [0, 0.05) is 37.6 Å². The maximum Gasteiger partial charge on any atom is 0.422 e. The third-order valence-corrected chi connectivity index (χ3v) is 7.18. The summed E-state index contributed by atoms with van der Waals surface area (Å²) in [6.07, 6.45) is 4.28. The molecule has 1 fully saturated rings. The molecule has 0 spiro atoms. The van der Waals surface area contributed by atoms with Crippen molar-refractivity contribution in [3.8, 4) is 28.8 Å². The first-order valence-corrected chi connectivity index (χ1v) is 14.7. The molecule has 5 rings (SSSR count). The van der Waals surface area contributed by atoms with Gasteiger partial charge in [0.05, 0.1) is 29.9 Å². The predicted molar refractivity (Wildman–Crippen MR) is 160 cm³/mol. The number of β-amino-alcohol motifs (C(OH)–C–C–N with tert-alkyl or cyclic N) is 1. The average Bonchev–Trinajstić information content (AvgIpc) is 3.65. The maximum atomic E-state index is 13.0. The van der Waals surface area contributed by atoms with Crippen LogP contribution in [0.4, 0.5) is 24.8 Å². The van der Waals surface area contributed by atoms with Crippen molar-refractivity contribution in [2.45, 2.75) is 64.1 Å². The number of nitriles is 1. The number of benzene rings is 1. The van der Waals surface area contributed by atoms with Gasteiger partial charge >= 0.3 is 6.18 Å². The van der Waals surface area contributed by atoms with Gasteiger partial charge in [-0.2, -0.15) is 23.5 Å². The number of alkyl halides is 3. The number of hydrogen-bond acceptors (Lipinski definition) is 11. The maximum absolute atomic E-state index is 13.0. The minimum Gasteiger partial charge on any atom is -0.487 e. The van der Waals surface area contributed by atoms with E-state index >= 15 is 0 Å². The lowest BCUT2D eigenvalue weighted by Crippen LogP contribution is -2.43. The summed E-state index contributed by atoms with van der Waals surface area (Å²) in [7, 11) is 0. The van der Waals surface area contributed by atoms with E-state index in [2.05, 4.69) is 41.4 Å². The van der Waals surface area contributed by atoms with Crippen molar-refractivity contribution in [2.24, 2.45) is 0 Å². The summed E-state index contributed by atoms with van der Waals surface area (Å²) in [5.41, 5.74) is 1.07. The van der Waals surface area contributed by atoms with Crippen molar-refractivity contribution in [3.05, 3.63) is 55.0 Å². The topological polar surface area (TPSA) is 152 Å². The highest BCUT2D eigenvalue weighted by atomic mass is 19.4. The highest BCUT2D eigenvalue weighted by Crippen LogP contribution is 2.32. The van der Waals surface area contributed by atoms with Crippen molar-refractivity contribution in [1.29, 1.82) is 5.26 Å². The molecule has 0 radical (unpaired) electrons. The predicted octanol–water partition coefficient (Wildman–Crippen LogP) is 4.36. The summed E-state index contributed by atoms with van der Waals surface area (Å²) in [6, 6.07) is 7.19. The van der Waals surface area contributed by atoms with Crippen LogP contribution >= 0.6 is 0 Å². The van der Waals surface area contributed by atoms with Crippen molar-refractivity contribution in [2.75, 3.05) is 31.6 Å². The number of hydrogen-bond donors (Lipinski definition) is 2. The van der Waals surface area contributed by atoms with Crippen molar-refractivity contribution in [3.63, 3.8) is 0 Å². The molecule has 0 saturated carbocycles. The van der Waals surface area contributed by atoms with Crippen molar-refractivity contribution < 1.29 is 27.8 Å². The first kappa shape index (κ1) is 32.6. The molecule has 1 unspecified atom stereocenters. The molecule has 1 saturated heterocycles. The van der Waals surface area contributed by atoms with Crippen LogP contribution in [0.3, 0.4) is 0 Å². The number of anilines is 2. The number of aromatic nitrogens is 7. The standard InChI is InChI=1S/C30H35F3N10O3/c1-20(14-42-19-35-18-38-42)46-26-10-21(4-5-22(26)11-34)23-12-36-28(37-13-23)39-25-15-43(40-27(25)45-17-30(31,32)33)24-6-8-41(9-7-24)16-29(2,3)44/h4-5,10,12-13,15,18-20,24,44H,6-9,14,16-17H2,1-3H3,(H,36,37,39). The van der Waals surface area contributed by atoms with Crippen molar-refractivity contribution >= 4 is 11.6 Å². The van der Waals surface area contributed by atoms with E-state index in [1.165, 1.54) is 6.33 Å². The lowest BCUT2D eigenvalue weighted by molar-refractivity contribution is -0.154. The largest absolute Gasteiger partial charge is 0.487 e. The monoisotopic (exact) mass is 640 g/mol. The minimum atomic E-state index is -4.54. The minimum absolute atomic E-state index is 0.0585. The van der Waals surface area contributed by atoms with Gasteiger partial charge in [-0.25, -0.2) is 19.6 Å². The third kappa shape index (κ3) is 8.92. The molecule has 1 aliphatic heterocycles. The van der Waals surface area contributed by atoms with E-state index in [-0.39, 0.29) is 29.7 Å². The van der Waals surface area contributed by atoms with E-state index < -0.39 is 18.4 Å². The Morgan fingerprint density at radius 3 is 2.52 bits per heavy atom. The summed E-state index contributed by atoms with van der Waals surface area (Å²) in [5.74, 6) is 0.309. The lowest BCUT2D eigenvalue weighted by atomic mass is 10.0. The summed E-state index contributed by atoms with van der Waals surface area (Å²) in [5, 5.41) is 31.1. The third-order valence-electron chi connectivity index (χ3n) is 7.18. The first-order chi connectivity index (χ1) is 21.8. The number of aliphatic hydroxyl groups is 1. The summed E-state index contributed by atoms with van der Waals surface area (Å²) in [4.78, 5) is 14.8. The van der Waals surface area contributed by atoms with E-state index in [9.17, 15) is 23.5 Å². The van der Waals surface area contributed by atoms with E-state index in [1.54, 1.807) is 66.3 Å². The van der Waals surface area contributed by atoms with Gasteiger partial charge in [0.1, 0.15) is 36.3 Å². The fraction of sp³-hybridized carbons (Fsp3) is 0.467. The van der Waals surface area contributed by atoms with E-state index in [1.807, 2.05) is 6.92 Å². The van der Waals surface area contributed by atoms with Crippen molar-refractivity contribution in [1.82, 2.24) is 39.4 Å². The van der Waals surface area contributed by atoms with E-state index in [0.717, 1.165) is 0 Å². The van der Waals surface area contributed by atoms with E-state index in [4.69, 9.17) is 9.47 Å². The molecule has 1 aromatic carbocycles. The quantitative estimate of drug-likeness (QED) is 0.227. The molecule has 0 bridgehead atoms. The van der Waals surface area contributed by atoms with Gasteiger partial charge in [-0.05, 0) is 51.3 Å². The second-order valence-corrected chi connectivity index (χ2v) is 11.8. The highest BCUT2D eigenvalue weighted by Gasteiger charge is 2.31. The molecular formula is C30H35F3N10O3. The van der Waals surface area contributed by atoms with Crippen LogP contribution in [-0.2, 0) is 6.54 Å². The number of piperidine rings is 1. The van der Waals surface area contributed by atoms with Gasteiger partial charge in [0.25, 0.3) is 5.88 Å². The number of ether oxygens (including phenoxy) is 2. The van der Waals surface area contributed by atoms with Gasteiger partial charge in [-0.1, -0.05) is 6.07 Å². The summed E-state index contributed by atoms with van der Waals surface area (Å²) >= 11 is 0. The van der Waals surface area contributed by atoms with Gasteiger partial charge in [0.2, 0.25) is 5.95 Å². The van der Waals surface area contributed by atoms with Gasteiger partial charge < -0.3 is 24.8 Å². The first-order valence-electron chi connectivity index (χ1n) is 14.7. The smallest absolute Gasteiger partial charge is 0.422 e. The fourth-order valence-electron chi connectivity index (χ4n) is 5.19. The van der Waals surface area contributed by atoms with Crippen LogP contribution in [0.5, 0.6) is 11.6 Å². The molecule has 16 heteroatoms. The van der Waals surface area contributed by atoms with Crippen LogP contribution in [0.15, 0.2) is 49.4 Å². The molecule has 1 aliphatic rings.